The van der Waals surface area contributed by atoms with Crippen LogP contribution in [0.4, 0.5) is 5.69 Å². The van der Waals surface area contributed by atoms with Gasteiger partial charge < -0.3 is 5.73 Å². The average Bonchev–Trinajstić information content (AvgIpc) is 2.89. The molecule has 0 aromatic heterocycles. The third kappa shape index (κ3) is 4.25. The van der Waals surface area contributed by atoms with E-state index in [9.17, 15) is 0 Å². The topological polar surface area (TPSA) is 29.3 Å². The van der Waals surface area contributed by atoms with Crippen molar-refractivity contribution in [2.75, 3.05) is 12.3 Å². The number of nitrogens with two attached hydrogens (primary N) is 1. The van der Waals surface area contributed by atoms with Crippen LogP contribution in [0.15, 0.2) is 48.5 Å². The van der Waals surface area contributed by atoms with E-state index in [4.69, 9.17) is 5.73 Å². The van der Waals surface area contributed by atoms with Gasteiger partial charge in [0, 0.05) is 18.3 Å². The average molecular weight is 317 g/mol. The van der Waals surface area contributed by atoms with Gasteiger partial charge >= 0.3 is 0 Å². The maximum Gasteiger partial charge on any atom is 0.0317 e. The number of benzene rings is 2. The molecule has 1 heterocycles. The molecule has 1 saturated heterocycles. The van der Waals surface area contributed by atoms with Crippen LogP contribution in [0.1, 0.15) is 29.5 Å². The molecule has 0 radical (unpaired) electrons. The minimum atomic E-state index is 0. The van der Waals surface area contributed by atoms with Gasteiger partial charge in [0.2, 0.25) is 0 Å². The molecule has 2 N–H and O–H groups in total. The predicted octanol–water partition coefficient (Wildman–Crippen LogP) is 4.21. The Hall–Kier alpha value is -1.51. The summed E-state index contributed by atoms with van der Waals surface area (Å²) in [5, 5.41) is 0. The summed E-state index contributed by atoms with van der Waals surface area (Å²) in [4.78, 5) is 2.61. The van der Waals surface area contributed by atoms with Crippen LogP contribution in [0, 0.1) is 6.92 Å². The molecular weight excluding hydrogens is 292 g/mol. The van der Waals surface area contributed by atoms with E-state index in [1.54, 1.807) is 0 Å². The van der Waals surface area contributed by atoms with Gasteiger partial charge in [0.25, 0.3) is 0 Å². The second kappa shape index (κ2) is 7.66. The van der Waals surface area contributed by atoms with E-state index in [-0.39, 0.29) is 12.4 Å². The Kier molecular flexibility index (Phi) is 5.87. The molecule has 2 nitrogen and oxygen atoms in total. The molecule has 3 heteroatoms. The van der Waals surface area contributed by atoms with E-state index in [0.717, 1.165) is 18.7 Å². The SMILES string of the molecule is Cc1ccc(CC2CCCN2Cc2cccc(N)c2)cc1.Cl. The van der Waals surface area contributed by atoms with Crippen molar-refractivity contribution in [3.63, 3.8) is 0 Å². The lowest BCUT2D eigenvalue weighted by molar-refractivity contribution is 0.244. The molecule has 1 aliphatic rings. The molecule has 3 rings (SSSR count). The standard InChI is InChI=1S/C19H24N2.ClH/c1-15-7-9-16(10-8-15)13-19-6-3-11-21(19)14-17-4-2-5-18(20)12-17;/h2,4-5,7-10,12,19H,3,6,11,13-14,20H2,1H3;1H. The van der Waals surface area contributed by atoms with E-state index in [1.165, 1.54) is 36.1 Å². The number of anilines is 1. The highest BCUT2D eigenvalue weighted by Crippen LogP contribution is 2.24. The van der Waals surface area contributed by atoms with E-state index in [2.05, 4.69) is 54.3 Å². The first-order valence-corrected chi connectivity index (χ1v) is 7.85. The van der Waals surface area contributed by atoms with Gasteiger partial charge in [-0.05, 0) is 56.0 Å². The Morgan fingerprint density at radius 2 is 1.86 bits per heavy atom. The fourth-order valence-electron chi connectivity index (χ4n) is 3.26. The fourth-order valence-corrected chi connectivity index (χ4v) is 3.26. The quantitative estimate of drug-likeness (QED) is 0.856. The highest BCUT2D eigenvalue weighted by molar-refractivity contribution is 5.85. The molecule has 1 aliphatic heterocycles. The molecule has 2 aromatic rings. The number of halogens is 1. The summed E-state index contributed by atoms with van der Waals surface area (Å²) < 4.78 is 0. The van der Waals surface area contributed by atoms with Gasteiger partial charge in [-0.3, -0.25) is 4.90 Å². The van der Waals surface area contributed by atoms with Gasteiger partial charge in [0.05, 0.1) is 0 Å². The van der Waals surface area contributed by atoms with Crippen molar-refractivity contribution in [3.05, 3.63) is 65.2 Å². The van der Waals surface area contributed by atoms with Crippen molar-refractivity contribution in [2.45, 2.75) is 38.8 Å². The Morgan fingerprint density at radius 3 is 2.59 bits per heavy atom. The van der Waals surface area contributed by atoms with E-state index < -0.39 is 0 Å². The number of rotatable bonds is 4. The molecule has 0 saturated carbocycles. The molecule has 0 spiro atoms. The van der Waals surface area contributed by atoms with Crippen molar-refractivity contribution in [2.24, 2.45) is 0 Å². The summed E-state index contributed by atoms with van der Waals surface area (Å²) in [5.74, 6) is 0. The highest BCUT2D eigenvalue weighted by Gasteiger charge is 2.24. The first kappa shape index (κ1) is 16.9. The minimum Gasteiger partial charge on any atom is -0.399 e. The third-order valence-electron chi connectivity index (χ3n) is 4.43. The summed E-state index contributed by atoms with van der Waals surface area (Å²) in [7, 11) is 0. The summed E-state index contributed by atoms with van der Waals surface area (Å²) in [6.45, 7) is 4.36. The number of hydrogen-bond donors (Lipinski definition) is 1. The number of hydrogen-bond acceptors (Lipinski definition) is 2. The maximum atomic E-state index is 5.89. The van der Waals surface area contributed by atoms with E-state index in [0.29, 0.717) is 6.04 Å². The van der Waals surface area contributed by atoms with E-state index in [1.807, 2.05) is 6.07 Å². The fraction of sp³-hybridized carbons (Fsp3) is 0.368. The molecule has 0 bridgehead atoms. The number of aryl methyl sites for hydroxylation is 1. The van der Waals surface area contributed by atoms with Gasteiger partial charge in [-0.15, -0.1) is 12.4 Å². The zero-order valence-electron chi connectivity index (χ0n) is 13.2. The van der Waals surface area contributed by atoms with Crippen molar-refractivity contribution in [1.82, 2.24) is 4.90 Å². The zero-order chi connectivity index (χ0) is 14.7. The normalized spacial score (nSPS) is 18.1. The second-order valence-corrected chi connectivity index (χ2v) is 6.20. The van der Waals surface area contributed by atoms with Crippen molar-refractivity contribution in [3.8, 4) is 0 Å². The van der Waals surface area contributed by atoms with Gasteiger partial charge in [-0.2, -0.15) is 0 Å². The van der Waals surface area contributed by atoms with Crippen LogP contribution in [-0.2, 0) is 13.0 Å². The lowest BCUT2D eigenvalue weighted by Crippen LogP contribution is -2.30. The van der Waals surface area contributed by atoms with Gasteiger partial charge in [0.1, 0.15) is 0 Å². The van der Waals surface area contributed by atoms with Gasteiger partial charge in [0.15, 0.2) is 0 Å². The first-order valence-electron chi connectivity index (χ1n) is 7.85. The Labute approximate surface area is 139 Å². The maximum absolute atomic E-state index is 5.89. The van der Waals surface area contributed by atoms with Crippen LogP contribution in [0.3, 0.4) is 0 Å². The zero-order valence-corrected chi connectivity index (χ0v) is 14.0. The largest absolute Gasteiger partial charge is 0.399 e. The van der Waals surface area contributed by atoms with Crippen LogP contribution in [0.2, 0.25) is 0 Å². The highest BCUT2D eigenvalue weighted by atomic mass is 35.5. The third-order valence-corrected chi connectivity index (χ3v) is 4.43. The second-order valence-electron chi connectivity index (χ2n) is 6.20. The molecule has 0 aliphatic carbocycles. The Balaban J connectivity index is 0.00000176. The minimum absolute atomic E-state index is 0. The van der Waals surface area contributed by atoms with Crippen LogP contribution in [0.25, 0.3) is 0 Å². The Bertz CT molecular complexity index is 595. The van der Waals surface area contributed by atoms with Crippen molar-refractivity contribution < 1.29 is 0 Å². The van der Waals surface area contributed by atoms with Crippen LogP contribution in [0.5, 0.6) is 0 Å². The number of likely N-dealkylation sites (tertiary alicyclic amines) is 1. The van der Waals surface area contributed by atoms with Crippen LogP contribution < -0.4 is 5.73 Å². The lowest BCUT2D eigenvalue weighted by Gasteiger charge is -2.25. The monoisotopic (exact) mass is 316 g/mol. The van der Waals surface area contributed by atoms with Crippen molar-refractivity contribution >= 4 is 18.1 Å². The molecule has 1 unspecified atom stereocenters. The van der Waals surface area contributed by atoms with Crippen molar-refractivity contribution in [1.29, 1.82) is 0 Å². The van der Waals surface area contributed by atoms with Gasteiger partial charge in [-0.1, -0.05) is 42.0 Å². The molecule has 1 atom stereocenters. The smallest absolute Gasteiger partial charge is 0.0317 e. The molecule has 2 aromatic carbocycles. The summed E-state index contributed by atoms with van der Waals surface area (Å²) in [6, 6.07) is 17.9. The summed E-state index contributed by atoms with van der Waals surface area (Å²) >= 11 is 0. The van der Waals surface area contributed by atoms with Gasteiger partial charge in [-0.25, -0.2) is 0 Å². The molecule has 0 amide bonds. The summed E-state index contributed by atoms with van der Waals surface area (Å²) in [5.41, 5.74) is 10.9. The predicted molar refractivity (Wildman–Crippen MR) is 96.4 cm³/mol. The van der Waals surface area contributed by atoms with Crippen LogP contribution >= 0.6 is 12.4 Å². The van der Waals surface area contributed by atoms with E-state index >= 15 is 0 Å². The lowest BCUT2D eigenvalue weighted by atomic mass is 10.0. The first-order chi connectivity index (χ1) is 10.2. The molecule has 22 heavy (non-hydrogen) atoms. The Morgan fingerprint density at radius 1 is 1.09 bits per heavy atom. The summed E-state index contributed by atoms with van der Waals surface area (Å²) in [6.07, 6.45) is 3.76. The number of nitrogen functional groups attached to an aromatic ring is 1. The molecule has 1 fully saturated rings. The molecular formula is C19H25ClN2. The number of nitrogens with zero attached hydrogens (tertiary/aromatic N) is 1. The van der Waals surface area contributed by atoms with Crippen LogP contribution in [-0.4, -0.2) is 17.5 Å². The molecule has 118 valence electrons.